The number of amides is 1. The van der Waals surface area contributed by atoms with Gasteiger partial charge in [-0.15, -0.1) is 0 Å². The van der Waals surface area contributed by atoms with E-state index in [0.717, 1.165) is 11.1 Å². The minimum Gasteiger partial charge on any atom is -0.383 e. The molecular formula is C17H26N2O4S. The van der Waals surface area contributed by atoms with Crippen LogP contribution in [0.1, 0.15) is 24.0 Å². The van der Waals surface area contributed by atoms with Crippen LogP contribution in [0.5, 0.6) is 0 Å². The fourth-order valence-electron chi connectivity index (χ4n) is 2.80. The Morgan fingerprint density at radius 2 is 1.92 bits per heavy atom. The second kappa shape index (κ2) is 8.09. The molecule has 7 heteroatoms. The van der Waals surface area contributed by atoms with Crippen LogP contribution in [0.4, 0.5) is 0 Å². The van der Waals surface area contributed by atoms with Crippen LogP contribution in [0.2, 0.25) is 0 Å². The fraction of sp³-hybridized carbons (Fsp3) is 0.588. The van der Waals surface area contributed by atoms with E-state index >= 15 is 0 Å². The lowest BCUT2D eigenvalue weighted by atomic mass is 9.97. The lowest BCUT2D eigenvalue weighted by molar-refractivity contribution is -0.126. The van der Waals surface area contributed by atoms with E-state index < -0.39 is 10.0 Å². The Hall–Kier alpha value is -1.44. The molecular weight excluding hydrogens is 328 g/mol. The van der Waals surface area contributed by atoms with E-state index in [-0.39, 0.29) is 11.8 Å². The van der Waals surface area contributed by atoms with Crippen molar-refractivity contribution >= 4 is 15.9 Å². The molecule has 0 atom stereocenters. The smallest absolute Gasteiger partial charge is 0.243 e. The molecule has 6 nitrogen and oxygen atoms in total. The molecule has 1 aliphatic heterocycles. The summed E-state index contributed by atoms with van der Waals surface area (Å²) >= 11 is 0. The number of carbonyl (C=O) groups is 1. The molecule has 1 aliphatic rings. The summed E-state index contributed by atoms with van der Waals surface area (Å²) in [5, 5.41) is 2.82. The number of nitrogens with one attached hydrogen (secondary N) is 1. The SMILES string of the molecule is COCCNC(=O)C1CCN(S(=O)(=O)c2ccc(C)c(C)c2)CC1. The Bertz CT molecular complexity index is 680. The summed E-state index contributed by atoms with van der Waals surface area (Å²) in [6.07, 6.45) is 1.09. The third-order valence-electron chi connectivity index (χ3n) is 4.55. The predicted molar refractivity (Wildman–Crippen MR) is 92.3 cm³/mol. The van der Waals surface area contributed by atoms with E-state index in [1.165, 1.54) is 4.31 Å². The first-order valence-corrected chi connectivity index (χ1v) is 9.64. The van der Waals surface area contributed by atoms with Gasteiger partial charge in [-0.1, -0.05) is 6.07 Å². The molecule has 1 aromatic rings. The van der Waals surface area contributed by atoms with E-state index in [9.17, 15) is 13.2 Å². The number of hydrogen-bond donors (Lipinski definition) is 1. The minimum absolute atomic E-state index is 0.0183. The molecule has 0 aliphatic carbocycles. The zero-order valence-corrected chi connectivity index (χ0v) is 15.4. The molecule has 24 heavy (non-hydrogen) atoms. The molecule has 0 spiro atoms. The van der Waals surface area contributed by atoms with E-state index in [1.54, 1.807) is 19.2 Å². The van der Waals surface area contributed by atoms with Crippen LogP contribution in [-0.4, -0.2) is 52.0 Å². The molecule has 1 heterocycles. The van der Waals surface area contributed by atoms with Gasteiger partial charge in [-0.05, 0) is 49.9 Å². The van der Waals surface area contributed by atoms with Gasteiger partial charge in [0.25, 0.3) is 0 Å². The Morgan fingerprint density at radius 3 is 2.50 bits per heavy atom. The summed E-state index contributed by atoms with van der Waals surface area (Å²) in [5.41, 5.74) is 2.03. The summed E-state index contributed by atoms with van der Waals surface area (Å²) in [4.78, 5) is 12.4. The lowest BCUT2D eigenvalue weighted by Gasteiger charge is -2.30. The average Bonchev–Trinajstić information content (AvgIpc) is 2.57. The van der Waals surface area contributed by atoms with E-state index in [2.05, 4.69) is 5.32 Å². The van der Waals surface area contributed by atoms with Crippen molar-refractivity contribution in [3.8, 4) is 0 Å². The van der Waals surface area contributed by atoms with Gasteiger partial charge >= 0.3 is 0 Å². The number of ether oxygens (including phenoxy) is 1. The van der Waals surface area contributed by atoms with Crippen molar-refractivity contribution < 1.29 is 17.9 Å². The van der Waals surface area contributed by atoms with Gasteiger partial charge in [-0.25, -0.2) is 8.42 Å². The lowest BCUT2D eigenvalue weighted by Crippen LogP contribution is -2.43. The maximum absolute atomic E-state index is 12.7. The van der Waals surface area contributed by atoms with Crippen LogP contribution in [0.3, 0.4) is 0 Å². The number of sulfonamides is 1. The highest BCUT2D eigenvalue weighted by Gasteiger charge is 2.32. The Morgan fingerprint density at radius 1 is 1.25 bits per heavy atom. The van der Waals surface area contributed by atoms with Gasteiger partial charge in [0.15, 0.2) is 0 Å². The largest absolute Gasteiger partial charge is 0.383 e. The Balaban J connectivity index is 1.98. The quantitative estimate of drug-likeness (QED) is 0.785. The van der Waals surface area contributed by atoms with Crippen molar-refractivity contribution in [1.82, 2.24) is 9.62 Å². The fourth-order valence-corrected chi connectivity index (χ4v) is 4.36. The molecule has 0 radical (unpaired) electrons. The molecule has 134 valence electrons. The predicted octanol–water partition coefficient (Wildman–Crippen LogP) is 1.47. The van der Waals surface area contributed by atoms with Crippen LogP contribution < -0.4 is 5.32 Å². The standard InChI is InChI=1S/C17H26N2O4S/c1-13-4-5-16(12-14(13)2)24(21,22)19-9-6-15(7-10-19)17(20)18-8-11-23-3/h4-5,12,15H,6-11H2,1-3H3,(H,18,20). The Kier molecular flexibility index (Phi) is 6.37. The number of rotatable bonds is 6. The van der Waals surface area contributed by atoms with Gasteiger partial charge in [0.05, 0.1) is 11.5 Å². The summed E-state index contributed by atoms with van der Waals surface area (Å²) in [6.45, 7) is 5.57. The molecule has 0 saturated carbocycles. The number of methoxy groups -OCH3 is 1. The first-order chi connectivity index (χ1) is 11.4. The summed E-state index contributed by atoms with van der Waals surface area (Å²) in [7, 11) is -1.90. The third-order valence-corrected chi connectivity index (χ3v) is 6.44. The van der Waals surface area contributed by atoms with Gasteiger partial charge in [0, 0.05) is 32.7 Å². The first kappa shape index (κ1) is 18.9. The van der Waals surface area contributed by atoms with Crippen LogP contribution in [-0.2, 0) is 19.6 Å². The number of nitrogens with zero attached hydrogens (tertiary/aromatic N) is 1. The van der Waals surface area contributed by atoms with E-state index in [4.69, 9.17) is 4.74 Å². The monoisotopic (exact) mass is 354 g/mol. The zero-order chi connectivity index (χ0) is 17.7. The van der Waals surface area contributed by atoms with E-state index in [0.29, 0.717) is 44.0 Å². The van der Waals surface area contributed by atoms with Crippen molar-refractivity contribution in [1.29, 1.82) is 0 Å². The van der Waals surface area contributed by atoms with Crippen LogP contribution in [0.15, 0.2) is 23.1 Å². The van der Waals surface area contributed by atoms with Crippen LogP contribution in [0.25, 0.3) is 0 Å². The zero-order valence-electron chi connectivity index (χ0n) is 14.5. The van der Waals surface area contributed by atoms with Gasteiger partial charge in [-0.2, -0.15) is 4.31 Å². The van der Waals surface area contributed by atoms with Crippen LogP contribution >= 0.6 is 0 Å². The van der Waals surface area contributed by atoms with Crippen molar-refractivity contribution in [3.05, 3.63) is 29.3 Å². The molecule has 0 aromatic heterocycles. The molecule has 1 amide bonds. The number of carbonyl (C=O) groups excluding carboxylic acids is 1. The van der Waals surface area contributed by atoms with Crippen LogP contribution in [0, 0.1) is 19.8 Å². The maximum Gasteiger partial charge on any atom is 0.243 e. The van der Waals surface area contributed by atoms with Crippen molar-refractivity contribution in [3.63, 3.8) is 0 Å². The highest BCUT2D eigenvalue weighted by Crippen LogP contribution is 2.25. The topological polar surface area (TPSA) is 75.7 Å². The minimum atomic E-state index is -3.49. The molecule has 0 bridgehead atoms. The van der Waals surface area contributed by atoms with Gasteiger partial charge in [0.1, 0.15) is 0 Å². The number of hydrogen-bond acceptors (Lipinski definition) is 4. The maximum atomic E-state index is 12.7. The molecule has 1 aromatic carbocycles. The highest BCUT2D eigenvalue weighted by atomic mass is 32.2. The first-order valence-electron chi connectivity index (χ1n) is 8.20. The summed E-state index contributed by atoms with van der Waals surface area (Å²) in [6, 6.07) is 5.20. The van der Waals surface area contributed by atoms with Crippen molar-refractivity contribution in [2.45, 2.75) is 31.6 Å². The molecule has 2 rings (SSSR count). The van der Waals surface area contributed by atoms with Gasteiger partial charge in [0.2, 0.25) is 15.9 Å². The van der Waals surface area contributed by atoms with Gasteiger partial charge < -0.3 is 10.1 Å². The average molecular weight is 354 g/mol. The van der Waals surface area contributed by atoms with Crippen molar-refractivity contribution in [2.75, 3.05) is 33.4 Å². The van der Waals surface area contributed by atoms with Crippen molar-refractivity contribution in [2.24, 2.45) is 5.92 Å². The Labute approximate surface area is 144 Å². The molecule has 1 saturated heterocycles. The molecule has 0 unspecified atom stereocenters. The number of piperidine rings is 1. The second-order valence-electron chi connectivity index (χ2n) is 6.21. The third kappa shape index (κ3) is 4.34. The van der Waals surface area contributed by atoms with Gasteiger partial charge in [-0.3, -0.25) is 4.79 Å². The molecule has 1 fully saturated rings. The number of benzene rings is 1. The summed E-state index contributed by atoms with van der Waals surface area (Å²) in [5.74, 6) is -0.150. The molecule has 1 N–H and O–H groups in total. The van der Waals surface area contributed by atoms with E-state index in [1.807, 2.05) is 19.9 Å². The normalized spacial score (nSPS) is 17.0. The number of aryl methyl sites for hydroxylation is 2. The summed E-state index contributed by atoms with van der Waals surface area (Å²) < 4.78 is 31.9. The highest BCUT2D eigenvalue weighted by molar-refractivity contribution is 7.89. The second-order valence-corrected chi connectivity index (χ2v) is 8.15.